The van der Waals surface area contributed by atoms with Crippen LogP contribution in [0.3, 0.4) is 0 Å². The van der Waals surface area contributed by atoms with E-state index in [9.17, 15) is 27.7 Å². The summed E-state index contributed by atoms with van der Waals surface area (Å²) in [7, 11) is 0.452. The van der Waals surface area contributed by atoms with Crippen LogP contribution in [0.15, 0.2) is 17.0 Å². The topological polar surface area (TPSA) is 106 Å². The van der Waals surface area contributed by atoms with Crippen molar-refractivity contribution in [1.82, 2.24) is 5.32 Å². The number of hydrogen-bond acceptors (Lipinski definition) is 5. The van der Waals surface area contributed by atoms with E-state index < -0.39 is 41.8 Å². The number of benzene rings is 1. The quantitative estimate of drug-likeness (QED) is 0.516. The van der Waals surface area contributed by atoms with Crippen molar-refractivity contribution in [2.24, 2.45) is 0 Å². The number of nitro benzene ring substituents is 1. The van der Waals surface area contributed by atoms with E-state index in [1.807, 2.05) is 0 Å². The molecule has 0 unspecified atom stereocenters. The van der Waals surface area contributed by atoms with Gasteiger partial charge in [-0.3, -0.25) is 14.9 Å². The fraction of sp³-hybridized carbons (Fsp3) is 0.364. The molecule has 0 spiro atoms. The van der Waals surface area contributed by atoms with Gasteiger partial charge in [0.25, 0.3) is 15.0 Å². The van der Waals surface area contributed by atoms with Crippen LogP contribution >= 0.6 is 10.7 Å². The molecule has 0 aliphatic carbocycles. The highest BCUT2D eigenvalue weighted by molar-refractivity contribution is 8.13. The highest BCUT2D eigenvalue weighted by Gasteiger charge is 2.29. The normalized spacial score (nSPS) is 12.0. The zero-order chi connectivity index (χ0) is 16.6. The van der Waals surface area contributed by atoms with Crippen LogP contribution in [0.1, 0.15) is 31.1 Å². The number of nitrogens with zero attached hydrogens (tertiary/aromatic N) is 1. The molecule has 7 nitrogen and oxygen atoms in total. The van der Waals surface area contributed by atoms with E-state index in [1.165, 1.54) is 0 Å². The average molecular weight is 339 g/mol. The van der Waals surface area contributed by atoms with Crippen molar-refractivity contribution < 1.29 is 22.5 Å². The Hall–Kier alpha value is -1.74. The number of nitro groups is 1. The zero-order valence-corrected chi connectivity index (χ0v) is 12.9. The molecule has 1 amide bonds. The van der Waals surface area contributed by atoms with Crippen LogP contribution in [0.2, 0.25) is 0 Å². The fourth-order valence-corrected chi connectivity index (χ4v) is 2.36. The maximum absolute atomic E-state index is 13.8. The first-order chi connectivity index (χ1) is 9.33. The van der Waals surface area contributed by atoms with Gasteiger partial charge in [-0.2, -0.15) is 4.39 Å². The first kappa shape index (κ1) is 17.3. The van der Waals surface area contributed by atoms with Gasteiger partial charge in [-0.25, -0.2) is 8.42 Å². The van der Waals surface area contributed by atoms with Crippen molar-refractivity contribution in [3.8, 4) is 0 Å². The molecule has 1 N–H and O–H groups in total. The Morgan fingerprint density at radius 3 is 2.29 bits per heavy atom. The monoisotopic (exact) mass is 338 g/mol. The molecule has 0 bridgehead atoms. The summed E-state index contributed by atoms with van der Waals surface area (Å²) in [4.78, 5) is 20.4. The number of carbonyl (C=O) groups is 1. The number of rotatable bonds is 3. The Morgan fingerprint density at radius 2 is 1.90 bits per heavy atom. The average Bonchev–Trinajstić information content (AvgIpc) is 2.24. The summed E-state index contributed by atoms with van der Waals surface area (Å²) in [6, 6.07) is 1.31. The van der Waals surface area contributed by atoms with Gasteiger partial charge in [0.05, 0.1) is 4.92 Å². The van der Waals surface area contributed by atoms with E-state index in [0.29, 0.717) is 12.1 Å². The van der Waals surface area contributed by atoms with Crippen LogP contribution in [0, 0.1) is 15.9 Å². The second-order valence-corrected chi connectivity index (χ2v) is 7.74. The lowest BCUT2D eigenvalue weighted by Crippen LogP contribution is -2.40. The minimum atomic E-state index is -4.58. The number of hydrogen-bond donors (Lipinski definition) is 1. The zero-order valence-electron chi connectivity index (χ0n) is 11.3. The van der Waals surface area contributed by atoms with Gasteiger partial charge in [-0.15, -0.1) is 0 Å². The minimum absolute atomic E-state index is 0.378. The Morgan fingerprint density at radius 1 is 1.38 bits per heavy atom. The van der Waals surface area contributed by atoms with Gasteiger partial charge >= 0.3 is 5.69 Å². The summed E-state index contributed by atoms with van der Waals surface area (Å²) in [6.07, 6.45) is 0. The van der Waals surface area contributed by atoms with Gasteiger partial charge in [0.1, 0.15) is 4.90 Å². The van der Waals surface area contributed by atoms with Gasteiger partial charge in [0.15, 0.2) is 0 Å². The molecule has 10 heteroatoms. The highest BCUT2D eigenvalue weighted by atomic mass is 35.7. The standard InChI is InChI=1S/C11H12ClFN2O5S/c1-11(2,3)14-10(16)6-4-7(15(17)18)9(13)8(5-6)21(12,19)20/h4-5H,1-3H3,(H,14,16). The largest absolute Gasteiger partial charge is 0.347 e. The maximum Gasteiger partial charge on any atom is 0.307 e. The Bertz CT molecular complexity index is 712. The highest BCUT2D eigenvalue weighted by Crippen LogP contribution is 2.28. The molecule has 0 radical (unpaired) electrons. The lowest BCUT2D eigenvalue weighted by Gasteiger charge is -2.20. The van der Waals surface area contributed by atoms with Crippen LogP contribution in [0.4, 0.5) is 10.1 Å². The molecule has 0 aliphatic heterocycles. The molecular weight excluding hydrogens is 327 g/mol. The van der Waals surface area contributed by atoms with Crippen LogP contribution in [-0.4, -0.2) is 24.8 Å². The number of carbonyl (C=O) groups excluding carboxylic acids is 1. The Labute approximate surface area is 124 Å². The van der Waals surface area contributed by atoms with Crippen LogP contribution in [0.25, 0.3) is 0 Å². The van der Waals surface area contributed by atoms with Crippen molar-refractivity contribution >= 4 is 31.3 Å². The molecule has 116 valence electrons. The summed E-state index contributed by atoms with van der Waals surface area (Å²) in [6.45, 7) is 4.96. The first-order valence-electron chi connectivity index (χ1n) is 5.58. The lowest BCUT2D eigenvalue weighted by molar-refractivity contribution is -0.387. The van der Waals surface area contributed by atoms with Crippen molar-refractivity contribution in [3.63, 3.8) is 0 Å². The van der Waals surface area contributed by atoms with Crippen molar-refractivity contribution in [2.45, 2.75) is 31.2 Å². The number of halogens is 2. The smallest absolute Gasteiger partial charge is 0.307 e. The van der Waals surface area contributed by atoms with Gasteiger partial charge in [0.2, 0.25) is 5.82 Å². The summed E-state index contributed by atoms with van der Waals surface area (Å²) in [5, 5.41) is 13.2. The molecule has 21 heavy (non-hydrogen) atoms. The molecule has 1 aromatic carbocycles. The first-order valence-corrected chi connectivity index (χ1v) is 7.89. The van der Waals surface area contributed by atoms with Crippen molar-refractivity contribution in [1.29, 1.82) is 0 Å². The van der Waals surface area contributed by atoms with E-state index in [-0.39, 0.29) is 5.56 Å². The van der Waals surface area contributed by atoms with Gasteiger partial charge in [0, 0.05) is 27.9 Å². The third-order valence-corrected chi connectivity index (χ3v) is 3.55. The molecule has 0 aromatic heterocycles. The van der Waals surface area contributed by atoms with Crippen LogP contribution < -0.4 is 5.32 Å². The predicted octanol–water partition coefficient (Wildman–Crippen LogP) is 2.19. The maximum atomic E-state index is 13.8. The summed E-state index contributed by atoms with van der Waals surface area (Å²) in [5.74, 6) is -2.39. The van der Waals surface area contributed by atoms with Gasteiger partial charge < -0.3 is 5.32 Å². The predicted molar refractivity (Wildman–Crippen MR) is 73.3 cm³/mol. The summed E-state index contributed by atoms with van der Waals surface area (Å²) < 4.78 is 36.3. The molecule has 0 fully saturated rings. The summed E-state index contributed by atoms with van der Waals surface area (Å²) in [5.41, 5.74) is -2.19. The van der Waals surface area contributed by atoms with E-state index in [4.69, 9.17) is 10.7 Å². The molecule has 0 heterocycles. The molecule has 1 aromatic rings. The second-order valence-electron chi connectivity index (χ2n) is 5.21. The molecule has 1 rings (SSSR count). The second kappa shape index (κ2) is 5.57. The van der Waals surface area contributed by atoms with Gasteiger partial charge in [-0.1, -0.05) is 0 Å². The number of nitrogens with one attached hydrogen (secondary N) is 1. The molecular formula is C11H12ClFN2O5S. The summed E-state index contributed by atoms with van der Waals surface area (Å²) >= 11 is 0. The van der Waals surface area contributed by atoms with Crippen LogP contribution in [-0.2, 0) is 9.05 Å². The third kappa shape index (κ3) is 4.36. The van der Waals surface area contributed by atoms with E-state index in [1.54, 1.807) is 20.8 Å². The molecule has 0 saturated heterocycles. The van der Waals surface area contributed by atoms with E-state index in [0.717, 1.165) is 0 Å². The van der Waals surface area contributed by atoms with E-state index >= 15 is 0 Å². The Balaban J connectivity index is 3.52. The minimum Gasteiger partial charge on any atom is -0.347 e. The third-order valence-electron chi connectivity index (χ3n) is 2.23. The van der Waals surface area contributed by atoms with Gasteiger partial charge in [-0.05, 0) is 26.8 Å². The lowest BCUT2D eigenvalue weighted by atomic mass is 10.1. The number of amides is 1. The Kier molecular flexibility index (Phi) is 4.59. The molecule has 0 aliphatic rings. The van der Waals surface area contributed by atoms with Crippen molar-refractivity contribution in [3.05, 3.63) is 33.6 Å². The van der Waals surface area contributed by atoms with Crippen LogP contribution in [0.5, 0.6) is 0 Å². The molecule has 0 atom stereocenters. The molecule has 0 saturated carbocycles. The SMILES string of the molecule is CC(C)(C)NC(=O)c1cc([N+](=O)[O-])c(F)c(S(=O)(=O)Cl)c1. The fourth-order valence-electron chi connectivity index (χ4n) is 1.44. The van der Waals surface area contributed by atoms with E-state index in [2.05, 4.69) is 5.32 Å². The van der Waals surface area contributed by atoms with Crippen molar-refractivity contribution in [2.75, 3.05) is 0 Å².